The minimum atomic E-state index is -0.113. The first kappa shape index (κ1) is 29.5. The molecule has 2 aromatic carbocycles. The Labute approximate surface area is 227 Å². The van der Waals surface area contributed by atoms with Crippen molar-refractivity contribution in [2.75, 3.05) is 0 Å². The third-order valence-corrected chi connectivity index (χ3v) is 8.71. The fourth-order valence-corrected chi connectivity index (χ4v) is 6.22. The Bertz CT molecular complexity index is 967. The first-order valence-corrected chi connectivity index (χ1v) is 15.4. The van der Waals surface area contributed by atoms with Gasteiger partial charge in [-0.15, -0.1) is 0 Å². The number of unbranched alkanes of at least 4 members (excludes halogenated alkanes) is 6. The molecule has 0 aliphatic heterocycles. The molecule has 37 heavy (non-hydrogen) atoms. The predicted molar refractivity (Wildman–Crippen MR) is 158 cm³/mol. The Morgan fingerprint density at radius 1 is 0.757 bits per heavy atom. The molecule has 0 spiro atoms. The van der Waals surface area contributed by atoms with Crippen LogP contribution in [0.3, 0.4) is 0 Å². The molecular weight excluding hydrogens is 452 g/mol. The van der Waals surface area contributed by atoms with Gasteiger partial charge >= 0.3 is 5.97 Å². The van der Waals surface area contributed by atoms with Crippen molar-refractivity contribution in [3.8, 4) is 16.9 Å². The first-order chi connectivity index (χ1) is 18.0. The first-order valence-electron chi connectivity index (χ1n) is 15.4. The number of hydrogen-bond acceptors (Lipinski definition) is 2. The Kier molecular flexibility index (Phi) is 12.2. The zero-order chi connectivity index (χ0) is 26.5. The Balaban J connectivity index is 1.59. The number of ether oxygens (including phenoxy) is 1. The van der Waals surface area contributed by atoms with Crippen molar-refractivity contribution in [3.05, 3.63) is 53.1 Å². The third-order valence-electron chi connectivity index (χ3n) is 8.71. The van der Waals surface area contributed by atoms with Crippen LogP contribution in [0.5, 0.6) is 5.75 Å². The van der Waals surface area contributed by atoms with E-state index in [-0.39, 0.29) is 5.97 Å². The van der Waals surface area contributed by atoms with Crippen molar-refractivity contribution < 1.29 is 9.53 Å². The number of hydrogen-bond donors (Lipinski definition) is 0. The fraction of sp³-hybridized carbons (Fsp3) is 0.629. The highest BCUT2D eigenvalue weighted by Gasteiger charge is 2.31. The Morgan fingerprint density at radius 2 is 1.41 bits per heavy atom. The number of esters is 1. The van der Waals surface area contributed by atoms with Crippen molar-refractivity contribution in [1.82, 2.24) is 0 Å². The standard InChI is InChI=1S/C35H52O2/c1-5-7-9-10-12-16-34(36)37-33-20-19-32(27-29(33)4)31-18-17-30(28(3)26-31)21-25-35(22-13-8-6-2)23-14-11-15-24-35/h17-20,26-27H,5-16,21-25H2,1-4H3. The van der Waals surface area contributed by atoms with Crippen molar-refractivity contribution in [2.24, 2.45) is 5.41 Å². The minimum absolute atomic E-state index is 0.113. The lowest BCUT2D eigenvalue weighted by molar-refractivity contribution is -0.134. The predicted octanol–water partition coefficient (Wildman–Crippen LogP) is 10.7. The van der Waals surface area contributed by atoms with Gasteiger partial charge < -0.3 is 4.74 Å². The molecule has 0 unspecified atom stereocenters. The summed E-state index contributed by atoms with van der Waals surface area (Å²) in [6.45, 7) is 8.83. The number of benzene rings is 2. The SMILES string of the molecule is CCCCCCCC(=O)Oc1ccc(-c2ccc(CCC3(CCCCC)CCCCC3)c(C)c2)cc1C. The molecule has 0 N–H and O–H groups in total. The lowest BCUT2D eigenvalue weighted by Crippen LogP contribution is -2.25. The molecule has 0 bridgehead atoms. The maximum atomic E-state index is 12.3. The molecule has 0 aromatic heterocycles. The average molecular weight is 505 g/mol. The summed E-state index contributed by atoms with van der Waals surface area (Å²) < 4.78 is 5.68. The van der Waals surface area contributed by atoms with Gasteiger partial charge in [0, 0.05) is 6.42 Å². The average Bonchev–Trinajstić information content (AvgIpc) is 2.90. The molecule has 1 saturated carbocycles. The van der Waals surface area contributed by atoms with E-state index in [1.807, 2.05) is 13.0 Å². The molecule has 1 fully saturated rings. The summed E-state index contributed by atoms with van der Waals surface area (Å²) in [5.74, 6) is 0.578. The van der Waals surface area contributed by atoms with Crippen LogP contribution < -0.4 is 4.74 Å². The van der Waals surface area contributed by atoms with Gasteiger partial charge in [-0.3, -0.25) is 4.79 Å². The lowest BCUT2D eigenvalue weighted by Gasteiger charge is -2.38. The number of aryl methyl sites for hydroxylation is 3. The second-order valence-corrected chi connectivity index (χ2v) is 11.8. The summed E-state index contributed by atoms with van der Waals surface area (Å²) in [6, 6.07) is 13.2. The topological polar surface area (TPSA) is 26.3 Å². The van der Waals surface area contributed by atoms with Gasteiger partial charge in [0.15, 0.2) is 0 Å². The van der Waals surface area contributed by atoms with E-state index in [1.165, 1.54) is 112 Å². The van der Waals surface area contributed by atoms with Crippen molar-refractivity contribution in [3.63, 3.8) is 0 Å². The fourth-order valence-electron chi connectivity index (χ4n) is 6.22. The maximum Gasteiger partial charge on any atom is 0.311 e. The number of rotatable bonds is 15. The molecule has 2 aromatic rings. The van der Waals surface area contributed by atoms with E-state index in [1.54, 1.807) is 0 Å². The van der Waals surface area contributed by atoms with Gasteiger partial charge in [0.25, 0.3) is 0 Å². The second kappa shape index (κ2) is 15.4. The minimum Gasteiger partial charge on any atom is -0.426 e. The van der Waals surface area contributed by atoms with E-state index in [9.17, 15) is 4.79 Å². The summed E-state index contributed by atoms with van der Waals surface area (Å²) >= 11 is 0. The lowest BCUT2D eigenvalue weighted by atomic mass is 9.67. The van der Waals surface area contributed by atoms with Crippen LogP contribution in [0.15, 0.2) is 36.4 Å². The summed E-state index contributed by atoms with van der Waals surface area (Å²) in [6.07, 6.45) is 21.4. The summed E-state index contributed by atoms with van der Waals surface area (Å²) in [5.41, 5.74) is 6.94. The van der Waals surface area contributed by atoms with Crippen LogP contribution in [0, 0.1) is 19.3 Å². The van der Waals surface area contributed by atoms with Gasteiger partial charge in [0.2, 0.25) is 0 Å². The Hall–Kier alpha value is -2.09. The van der Waals surface area contributed by atoms with E-state index in [4.69, 9.17) is 4.74 Å². The molecular formula is C35H52O2. The van der Waals surface area contributed by atoms with E-state index >= 15 is 0 Å². The second-order valence-electron chi connectivity index (χ2n) is 11.8. The van der Waals surface area contributed by atoms with E-state index in [0.717, 1.165) is 18.4 Å². The number of carbonyl (C=O) groups excluding carboxylic acids is 1. The van der Waals surface area contributed by atoms with Gasteiger partial charge in [-0.2, -0.15) is 0 Å². The third kappa shape index (κ3) is 9.31. The molecule has 2 heteroatoms. The highest BCUT2D eigenvalue weighted by atomic mass is 16.5. The molecule has 0 radical (unpaired) electrons. The molecule has 0 amide bonds. The van der Waals surface area contributed by atoms with Gasteiger partial charge in [-0.05, 0) is 97.7 Å². The molecule has 204 valence electrons. The van der Waals surface area contributed by atoms with Crippen LogP contribution in [0.1, 0.15) is 133 Å². The largest absolute Gasteiger partial charge is 0.426 e. The van der Waals surface area contributed by atoms with Crippen molar-refractivity contribution in [1.29, 1.82) is 0 Å². The molecule has 0 atom stereocenters. The van der Waals surface area contributed by atoms with Crippen LogP contribution in [0.4, 0.5) is 0 Å². The van der Waals surface area contributed by atoms with E-state index in [0.29, 0.717) is 17.6 Å². The van der Waals surface area contributed by atoms with Gasteiger partial charge in [-0.1, -0.05) is 102 Å². The maximum absolute atomic E-state index is 12.3. The zero-order valence-electron chi connectivity index (χ0n) is 24.3. The van der Waals surface area contributed by atoms with Crippen LogP contribution >= 0.6 is 0 Å². The summed E-state index contributed by atoms with van der Waals surface area (Å²) in [4.78, 5) is 12.3. The molecule has 0 saturated heterocycles. The van der Waals surface area contributed by atoms with E-state index < -0.39 is 0 Å². The molecule has 3 rings (SSSR count). The molecule has 1 aliphatic carbocycles. The van der Waals surface area contributed by atoms with E-state index in [2.05, 4.69) is 51.1 Å². The van der Waals surface area contributed by atoms with Crippen LogP contribution in [-0.4, -0.2) is 5.97 Å². The molecule has 0 heterocycles. The van der Waals surface area contributed by atoms with Gasteiger partial charge in [-0.25, -0.2) is 0 Å². The summed E-state index contributed by atoms with van der Waals surface area (Å²) in [5, 5.41) is 0. The smallest absolute Gasteiger partial charge is 0.311 e. The molecule has 2 nitrogen and oxygen atoms in total. The van der Waals surface area contributed by atoms with Gasteiger partial charge in [0.1, 0.15) is 5.75 Å². The highest BCUT2D eigenvalue weighted by Crippen LogP contribution is 2.44. The normalized spacial score (nSPS) is 15.0. The quantitative estimate of drug-likeness (QED) is 0.137. The van der Waals surface area contributed by atoms with Crippen LogP contribution in [0.2, 0.25) is 0 Å². The summed E-state index contributed by atoms with van der Waals surface area (Å²) in [7, 11) is 0. The highest BCUT2D eigenvalue weighted by molar-refractivity contribution is 5.74. The van der Waals surface area contributed by atoms with Crippen LogP contribution in [-0.2, 0) is 11.2 Å². The number of carbonyl (C=O) groups is 1. The van der Waals surface area contributed by atoms with Crippen molar-refractivity contribution >= 4 is 5.97 Å². The van der Waals surface area contributed by atoms with Gasteiger partial charge in [0.05, 0.1) is 0 Å². The zero-order valence-corrected chi connectivity index (χ0v) is 24.3. The Morgan fingerprint density at radius 3 is 2.08 bits per heavy atom. The van der Waals surface area contributed by atoms with Crippen molar-refractivity contribution in [2.45, 2.75) is 137 Å². The molecule has 1 aliphatic rings. The van der Waals surface area contributed by atoms with Crippen LogP contribution in [0.25, 0.3) is 11.1 Å². The monoisotopic (exact) mass is 504 g/mol.